The van der Waals surface area contributed by atoms with Crippen LogP contribution in [0.5, 0.6) is 0 Å². The first-order valence-electron chi connectivity index (χ1n) is 5.76. The Morgan fingerprint density at radius 3 is 2.56 bits per heavy atom. The highest BCUT2D eigenvalue weighted by Crippen LogP contribution is 2.33. The molecule has 0 aromatic rings. The lowest BCUT2D eigenvalue weighted by Crippen LogP contribution is -2.45. The highest BCUT2D eigenvalue weighted by Gasteiger charge is 2.42. The van der Waals surface area contributed by atoms with Crippen molar-refractivity contribution in [2.45, 2.75) is 30.9 Å². The predicted octanol–water partition coefficient (Wildman–Crippen LogP) is -0.0634. The fraction of sp³-hybridized carbons (Fsp3) is 0.900. The molecule has 1 N–H and O–H groups in total. The molecule has 1 amide bonds. The van der Waals surface area contributed by atoms with E-state index in [0.717, 1.165) is 25.7 Å². The van der Waals surface area contributed by atoms with Crippen LogP contribution in [0.1, 0.15) is 25.7 Å². The third-order valence-electron chi connectivity index (χ3n) is 3.31. The molecule has 2 rings (SSSR count). The maximum Gasteiger partial charge on any atom is 0.224 e. The zero-order valence-electron chi connectivity index (χ0n) is 9.48. The molecule has 0 aromatic carbocycles. The van der Waals surface area contributed by atoms with Crippen LogP contribution in [0.4, 0.5) is 0 Å². The Morgan fingerprint density at radius 1 is 1.31 bits per heavy atom. The van der Waals surface area contributed by atoms with E-state index in [4.69, 9.17) is 0 Å². The van der Waals surface area contributed by atoms with Crippen LogP contribution in [0.15, 0.2) is 0 Å². The number of nitrogens with one attached hydrogen (secondary N) is 1. The van der Waals surface area contributed by atoms with Gasteiger partial charge in [-0.1, -0.05) is 0 Å². The number of carbonyl (C=O) groups is 1. The maximum atomic E-state index is 12.0. The van der Waals surface area contributed by atoms with Crippen LogP contribution in [0.2, 0.25) is 0 Å². The van der Waals surface area contributed by atoms with Crippen LogP contribution in [0, 0.1) is 5.92 Å². The minimum atomic E-state index is -3.11. The largest absolute Gasteiger partial charge is 0.359 e. The van der Waals surface area contributed by atoms with Gasteiger partial charge in [-0.2, -0.15) is 0 Å². The summed E-state index contributed by atoms with van der Waals surface area (Å²) in [5.74, 6) is -0.219. The summed E-state index contributed by atoms with van der Waals surface area (Å²) in [6, 6.07) is 0. The van der Waals surface area contributed by atoms with Gasteiger partial charge in [0.05, 0.1) is 11.2 Å². The quantitative estimate of drug-likeness (QED) is 0.758. The molecule has 0 aromatic heterocycles. The van der Waals surface area contributed by atoms with Crippen molar-refractivity contribution >= 4 is 15.9 Å². The Balaban J connectivity index is 2.04. The Bertz CT molecular complexity index is 376. The summed E-state index contributed by atoms with van der Waals surface area (Å²) in [6.45, 7) is 0.935. The lowest BCUT2D eigenvalue weighted by Gasteiger charge is -2.30. The van der Waals surface area contributed by atoms with E-state index in [9.17, 15) is 13.2 Å². The molecule has 5 nitrogen and oxygen atoms in total. The van der Waals surface area contributed by atoms with Crippen molar-refractivity contribution in [3.8, 4) is 0 Å². The monoisotopic (exact) mass is 246 g/mol. The highest BCUT2D eigenvalue weighted by atomic mass is 32.2. The summed E-state index contributed by atoms with van der Waals surface area (Å²) < 4.78 is 25.5. The van der Waals surface area contributed by atoms with Gasteiger partial charge < -0.3 is 5.32 Å². The Kier molecular flexibility index (Phi) is 3.21. The molecule has 2 fully saturated rings. The van der Waals surface area contributed by atoms with E-state index in [-0.39, 0.29) is 17.1 Å². The van der Waals surface area contributed by atoms with Gasteiger partial charge in [-0.3, -0.25) is 4.79 Å². The van der Waals surface area contributed by atoms with Gasteiger partial charge in [0.1, 0.15) is 0 Å². The SMILES string of the molecule is CNC(=O)C1CCCN(S(=O)(=O)C2CC2)C1. The van der Waals surface area contributed by atoms with E-state index < -0.39 is 10.0 Å². The minimum Gasteiger partial charge on any atom is -0.359 e. The van der Waals surface area contributed by atoms with Crippen molar-refractivity contribution in [3.63, 3.8) is 0 Å². The number of carbonyl (C=O) groups excluding carboxylic acids is 1. The fourth-order valence-electron chi connectivity index (χ4n) is 2.17. The summed E-state index contributed by atoms with van der Waals surface area (Å²) in [4.78, 5) is 11.5. The fourth-order valence-corrected chi connectivity index (χ4v) is 4.09. The van der Waals surface area contributed by atoms with Crippen LogP contribution in [-0.2, 0) is 14.8 Å². The van der Waals surface area contributed by atoms with Gasteiger partial charge in [0.25, 0.3) is 0 Å². The Hall–Kier alpha value is -0.620. The zero-order chi connectivity index (χ0) is 11.8. The van der Waals surface area contributed by atoms with E-state index in [1.807, 2.05) is 0 Å². The maximum absolute atomic E-state index is 12.0. The molecule has 16 heavy (non-hydrogen) atoms. The Labute approximate surface area is 96.2 Å². The molecule has 0 radical (unpaired) electrons. The topological polar surface area (TPSA) is 66.5 Å². The first-order chi connectivity index (χ1) is 7.55. The molecule has 1 unspecified atom stereocenters. The van der Waals surface area contributed by atoms with Gasteiger partial charge >= 0.3 is 0 Å². The normalized spacial score (nSPS) is 27.7. The molecular formula is C10H18N2O3S. The number of nitrogens with zero attached hydrogens (tertiary/aromatic N) is 1. The second-order valence-corrected chi connectivity index (χ2v) is 6.77. The molecule has 2 aliphatic rings. The molecule has 6 heteroatoms. The Morgan fingerprint density at radius 2 is 2.00 bits per heavy atom. The molecule has 1 heterocycles. The first-order valence-corrected chi connectivity index (χ1v) is 7.26. The molecule has 1 aliphatic carbocycles. The molecule has 1 saturated heterocycles. The van der Waals surface area contributed by atoms with Gasteiger partial charge in [0, 0.05) is 20.1 Å². The van der Waals surface area contributed by atoms with Crippen molar-refractivity contribution in [1.29, 1.82) is 0 Å². The highest BCUT2D eigenvalue weighted by molar-refractivity contribution is 7.90. The number of rotatable bonds is 3. The lowest BCUT2D eigenvalue weighted by molar-refractivity contribution is -0.125. The van der Waals surface area contributed by atoms with E-state index >= 15 is 0 Å². The van der Waals surface area contributed by atoms with Crippen LogP contribution in [0.25, 0.3) is 0 Å². The van der Waals surface area contributed by atoms with Gasteiger partial charge in [-0.05, 0) is 25.7 Å². The van der Waals surface area contributed by atoms with Crippen LogP contribution in [0.3, 0.4) is 0 Å². The van der Waals surface area contributed by atoms with E-state index in [1.165, 1.54) is 4.31 Å². The van der Waals surface area contributed by atoms with Gasteiger partial charge in [0.15, 0.2) is 0 Å². The third kappa shape index (κ3) is 2.22. The zero-order valence-corrected chi connectivity index (χ0v) is 10.3. The van der Waals surface area contributed by atoms with Gasteiger partial charge in [-0.15, -0.1) is 0 Å². The summed E-state index contributed by atoms with van der Waals surface area (Å²) in [7, 11) is -1.52. The van der Waals surface area contributed by atoms with E-state index in [1.54, 1.807) is 7.05 Å². The van der Waals surface area contributed by atoms with Gasteiger partial charge in [0.2, 0.25) is 15.9 Å². The number of hydrogen-bond donors (Lipinski definition) is 1. The summed E-state index contributed by atoms with van der Waals surface area (Å²) in [5, 5.41) is 2.42. The smallest absolute Gasteiger partial charge is 0.224 e. The first kappa shape index (κ1) is 11.9. The molecule has 1 saturated carbocycles. The van der Waals surface area contributed by atoms with Crippen LogP contribution >= 0.6 is 0 Å². The van der Waals surface area contributed by atoms with Crippen molar-refractivity contribution in [2.75, 3.05) is 20.1 Å². The second kappa shape index (κ2) is 4.33. The number of sulfonamides is 1. The van der Waals surface area contributed by atoms with E-state index in [2.05, 4.69) is 5.32 Å². The number of hydrogen-bond acceptors (Lipinski definition) is 3. The van der Waals surface area contributed by atoms with Gasteiger partial charge in [-0.25, -0.2) is 12.7 Å². The second-order valence-electron chi connectivity index (χ2n) is 4.56. The summed E-state index contributed by atoms with van der Waals surface area (Å²) >= 11 is 0. The molecule has 0 spiro atoms. The van der Waals surface area contributed by atoms with Crippen molar-refractivity contribution < 1.29 is 13.2 Å². The van der Waals surface area contributed by atoms with Crippen molar-refractivity contribution in [3.05, 3.63) is 0 Å². The average Bonchev–Trinajstić information content (AvgIpc) is 3.12. The standard InChI is InChI=1S/C10H18N2O3S/c1-11-10(13)8-3-2-6-12(7-8)16(14,15)9-4-5-9/h8-9H,2-7H2,1H3,(H,11,13). The van der Waals surface area contributed by atoms with Crippen LogP contribution in [-0.4, -0.2) is 44.0 Å². The molecule has 1 aliphatic heterocycles. The molecule has 92 valence electrons. The average molecular weight is 246 g/mol. The molecule has 1 atom stereocenters. The third-order valence-corrected chi connectivity index (χ3v) is 5.67. The summed E-state index contributed by atoms with van der Waals surface area (Å²) in [5.41, 5.74) is 0. The molecule has 0 bridgehead atoms. The minimum absolute atomic E-state index is 0.0457. The molecular weight excluding hydrogens is 228 g/mol. The summed E-state index contributed by atoms with van der Waals surface area (Å²) in [6.07, 6.45) is 3.13. The number of piperidine rings is 1. The van der Waals surface area contributed by atoms with Crippen molar-refractivity contribution in [1.82, 2.24) is 9.62 Å². The van der Waals surface area contributed by atoms with Crippen LogP contribution < -0.4 is 5.32 Å². The number of amides is 1. The lowest BCUT2D eigenvalue weighted by atomic mass is 9.99. The predicted molar refractivity (Wildman–Crippen MR) is 60.3 cm³/mol. The van der Waals surface area contributed by atoms with Crippen molar-refractivity contribution in [2.24, 2.45) is 5.92 Å². The van der Waals surface area contributed by atoms with E-state index in [0.29, 0.717) is 13.1 Å².